The first-order valence-electron chi connectivity index (χ1n) is 10.8. The van der Waals surface area contributed by atoms with Crippen molar-refractivity contribution in [3.05, 3.63) is 46.5 Å². The van der Waals surface area contributed by atoms with E-state index in [-0.39, 0.29) is 0 Å². The number of piperidine rings is 1. The Bertz CT molecular complexity index is 1350. The summed E-state index contributed by atoms with van der Waals surface area (Å²) in [4.78, 5) is 20.6. The number of aromatic amines is 1. The van der Waals surface area contributed by atoms with Crippen molar-refractivity contribution in [1.82, 2.24) is 19.9 Å². The Morgan fingerprint density at radius 2 is 2.16 bits per heavy atom. The molecule has 164 valence electrons. The largest absolute Gasteiger partial charge is 0.618 e. The molecule has 6 rings (SSSR count). The molecule has 3 N–H and O–H groups in total. The van der Waals surface area contributed by atoms with E-state index in [0.717, 1.165) is 58.2 Å². The molecule has 0 aromatic carbocycles. The molecule has 1 aliphatic carbocycles. The van der Waals surface area contributed by atoms with Gasteiger partial charge in [-0.25, -0.2) is 15.0 Å². The van der Waals surface area contributed by atoms with Gasteiger partial charge in [0.15, 0.2) is 11.4 Å². The number of pyridine rings is 2. The minimum absolute atomic E-state index is 0.516. The van der Waals surface area contributed by atoms with Crippen LogP contribution in [0.2, 0.25) is 5.02 Å². The average Bonchev–Trinajstić information content (AvgIpc) is 3.11. The van der Waals surface area contributed by atoms with E-state index in [2.05, 4.69) is 21.8 Å². The number of rotatable bonds is 5. The first-order valence-corrected chi connectivity index (χ1v) is 12.0. The van der Waals surface area contributed by atoms with Crippen LogP contribution in [0.5, 0.6) is 0 Å². The van der Waals surface area contributed by atoms with Crippen LogP contribution in [-0.4, -0.2) is 39.6 Å². The minimum atomic E-state index is 0.516. The SMILES string of the molecule is CCc1[nH]c2nc(Sc3cnc4ccc[n+]([O-])c4c3)nc(N3C[C@@H]4[C@@H](CN)[C@@H]4C3)c2c1Cl. The molecular weight excluding hydrogens is 446 g/mol. The number of nitrogens with zero attached hydrogens (tertiary/aromatic N) is 5. The Balaban J connectivity index is 1.40. The zero-order valence-electron chi connectivity index (χ0n) is 17.5. The summed E-state index contributed by atoms with van der Waals surface area (Å²) in [6.07, 6.45) is 4.01. The number of hydrogen-bond donors (Lipinski definition) is 2. The van der Waals surface area contributed by atoms with Crippen LogP contribution in [0.3, 0.4) is 0 Å². The van der Waals surface area contributed by atoms with E-state index in [1.165, 1.54) is 18.0 Å². The van der Waals surface area contributed by atoms with Gasteiger partial charge in [0.2, 0.25) is 5.52 Å². The van der Waals surface area contributed by atoms with Crippen molar-refractivity contribution in [1.29, 1.82) is 0 Å². The molecule has 1 aliphatic heterocycles. The summed E-state index contributed by atoms with van der Waals surface area (Å²) >= 11 is 8.12. The highest BCUT2D eigenvalue weighted by Crippen LogP contribution is 2.52. The van der Waals surface area contributed by atoms with Crippen molar-refractivity contribution in [2.75, 3.05) is 24.5 Å². The minimum Gasteiger partial charge on any atom is -0.618 e. The average molecular weight is 468 g/mol. The normalized spacial score (nSPS) is 22.1. The van der Waals surface area contributed by atoms with E-state index in [1.807, 2.05) is 12.1 Å². The van der Waals surface area contributed by atoms with Crippen molar-refractivity contribution in [2.24, 2.45) is 23.5 Å². The summed E-state index contributed by atoms with van der Waals surface area (Å²) in [6, 6.07) is 5.33. The quantitative estimate of drug-likeness (QED) is 0.263. The lowest BCUT2D eigenvalue weighted by Crippen LogP contribution is -2.27. The smallest absolute Gasteiger partial charge is 0.243 e. The predicted molar refractivity (Wildman–Crippen MR) is 125 cm³/mol. The monoisotopic (exact) mass is 467 g/mol. The highest BCUT2D eigenvalue weighted by molar-refractivity contribution is 7.99. The van der Waals surface area contributed by atoms with Gasteiger partial charge in [-0.2, -0.15) is 4.73 Å². The Morgan fingerprint density at radius 3 is 2.91 bits per heavy atom. The van der Waals surface area contributed by atoms with E-state index in [4.69, 9.17) is 27.3 Å². The third-order valence-corrected chi connectivity index (χ3v) is 7.96. The fourth-order valence-corrected chi connectivity index (χ4v) is 6.08. The zero-order valence-corrected chi connectivity index (χ0v) is 19.0. The molecule has 2 fully saturated rings. The van der Waals surface area contributed by atoms with Crippen LogP contribution in [-0.2, 0) is 6.42 Å². The molecule has 8 nitrogen and oxygen atoms in total. The summed E-state index contributed by atoms with van der Waals surface area (Å²) in [7, 11) is 0. The van der Waals surface area contributed by atoms with Gasteiger partial charge < -0.3 is 20.8 Å². The molecule has 0 bridgehead atoms. The fourth-order valence-electron chi connectivity index (χ4n) is 4.96. The summed E-state index contributed by atoms with van der Waals surface area (Å²) in [6.45, 7) is 4.71. The van der Waals surface area contributed by atoms with Gasteiger partial charge in [0, 0.05) is 42.0 Å². The van der Waals surface area contributed by atoms with Crippen LogP contribution in [0.25, 0.3) is 22.1 Å². The van der Waals surface area contributed by atoms with Crippen molar-refractivity contribution in [3.8, 4) is 0 Å². The molecule has 0 amide bonds. The van der Waals surface area contributed by atoms with Crippen LogP contribution in [0.15, 0.2) is 40.6 Å². The number of H-pyrrole nitrogens is 1. The lowest BCUT2D eigenvalue weighted by Gasteiger charge is -2.22. The molecule has 5 heterocycles. The third kappa shape index (κ3) is 3.10. The first kappa shape index (κ1) is 20.0. The number of anilines is 1. The van der Waals surface area contributed by atoms with Crippen LogP contribution >= 0.6 is 23.4 Å². The van der Waals surface area contributed by atoms with E-state index < -0.39 is 0 Å². The lowest BCUT2D eigenvalue weighted by atomic mass is 10.2. The van der Waals surface area contributed by atoms with Gasteiger partial charge in [-0.3, -0.25) is 0 Å². The number of fused-ring (bicyclic) bond motifs is 3. The number of halogens is 1. The van der Waals surface area contributed by atoms with Gasteiger partial charge in [-0.1, -0.05) is 18.5 Å². The molecule has 1 saturated heterocycles. The fraction of sp³-hybridized carbons (Fsp3) is 0.364. The van der Waals surface area contributed by atoms with Gasteiger partial charge in [0.05, 0.1) is 10.4 Å². The molecular formula is C22H22ClN7OS. The topological polar surface area (TPSA) is 111 Å². The summed E-state index contributed by atoms with van der Waals surface area (Å²) < 4.78 is 0.824. The maximum Gasteiger partial charge on any atom is 0.243 e. The highest BCUT2D eigenvalue weighted by Gasteiger charge is 2.55. The molecule has 0 spiro atoms. The summed E-state index contributed by atoms with van der Waals surface area (Å²) in [5, 5.41) is 14.3. The first-order chi connectivity index (χ1) is 15.6. The molecule has 4 aromatic rings. The van der Waals surface area contributed by atoms with Crippen LogP contribution in [0, 0.1) is 23.0 Å². The van der Waals surface area contributed by atoms with Crippen molar-refractivity contribution >= 4 is 51.2 Å². The Labute approximate surface area is 193 Å². The standard InChI is InChI=1S/C22H22ClN7OS/c1-2-15-19(23)18-20(26-15)27-22(28-21(18)29-9-13-12(7-24)14(13)10-29)32-11-6-17-16(25-8-11)4-3-5-30(17)31/h3-6,8,12-14H,2,7,9-10,24H2,1H3,(H,26,27,28)/t12-,13-,14+. The van der Waals surface area contributed by atoms with Gasteiger partial charge in [0.25, 0.3) is 0 Å². The Morgan fingerprint density at radius 1 is 1.34 bits per heavy atom. The van der Waals surface area contributed by atoms with Crippen LogP contribution in [0.4, 0.5) is 5.82 Å². The van der Waals surface area contributed by atoms with E-state index in [1.54, 1.807) is 12.3 Å². The molecule has 10 heteroatoms. The molecule has 0 radical (unpaired) electrons. The van der Waals surface area contributed by atoms with Gasteiger partial charge in [-0.05, 0) is 48.5 Å². The number of aryl methyl sites for hydroxylation is 1. The number of aromatic nitrogens is 5. The maximum absolute atomic E-state index is 12.1. The number of hydrogen-bond acceptors (Lipinski definition) is 7. The molecule has 1 saturated carbocycles. The molecule has 2 aliphatic rings. The number of nitrogens with two attached hydrogens (primary N) is 1. The van der Waals surface area contributed by atoms with Gasteiger partial charge >= 0.3 is 0 Å². The maximum atomic E-state index is 12.1. The van der Waals surface area contributed by atoms with Gasteiger partial charge in [0.1, 0.15) is 17.0 Å². The highest BCUT2D eigenvalue weighted by atomic mass is 35.5. The van der Waals surface area contributed by atoms with Crippen molar-refractivity contribution in [2.45, 2.75) is 23.4 Å². The summed E-state index contributed by atoms with van der Waals surface area (Å²) in [5.41, 5.74) is 8.77. The predicted octanol–water partition coefficient (Wildman–Crippen LogP) is 3.15. The third-order valence-electron chi connectivity index (χ3n) is 6.71. The van der Waals surface area contributed by atoms with E-state index in [0.29, 0.717) is 39.0 Å². The molecule has 32 heavy (non-hydrogen) atoms. The molecule has 3 atom stereocenters. The second kappa shape index (κ2) is 7.47. The Kier molecular flexibility index (Phi) is 4.67. The van der Waals surface area contributed by atoms with E-state index in [9.17, 15) is 5.21 Å². The van der Waals surface area contributed by atoms with Crippen LogP contribution < -0.4 is 15.4 Å². The van der Waals surface area contributed by atoms with Crippen molar-refractivity contribution < 1.29 is 4.73 Å². The van der Waals surface area contributed by atoms with E-state index >= 15 is 0 Å². The lowest BCUT2D eigenvalue weighted by molar-refractivity contribution is -0.577. The van der Waals surface area contributed by atoms with Gasteiger partial charge in [-0.15, -0.1) is 0 Å². The van der Waals surface area contributed by atoms with Crippen molar-refractivity contribution in [3.63, 3.8) is 0 Å². The van der Waals surface area contributed by atoms with Crippen LogP contribution in [0.1, 0.15) is 12.6 Å². The number of nitrogens with one attached hydrogen (secondary N) is 1. The second-order valence-electron chi connectivity index (χ2n) is 8.47. The molecule has 4 aromatic heterocycles. The summed E-state index contributed by atoms with van der Waals surface area (Å²) in [5.74, 6) is 2.78. The second-order valence-corrected chi connectivity index (χ2v) is 9.89. The molecule has 0 unspecified atom stereocenters. The zero-order chi connectivity index (χ0) is 22.0. The Hall–Kier alpha value is -2.62.